The van der Waals surface area contributed by atoms with Crippen LogP contribution in [0.3, 0.4) is 0 Å². The zero-order valence-electron chi connectivity index (χ0n) is 17.3. The van der Waals surface area contributed by atoms with Crippen LogP contribution in [0.1, 0.15) is 35.2 Å². The van der Waals surface area contributed by atoms with Gasteiger partial charge in [-0.05, 0) is 60.4 Å². The summed E-state index contributed by atoms with van der Waals surface area (Å²) in [5, 5.41) is 2.15. The number of piperidine rings is 1. The number of carbonyl (C=O) groups excluding carboxylic acids is 1. The van der Waals surface area contributed by atoms with Gasteiger partial charge in [-0.25, -0.2) is 8.42 Å². The molecule has 5 nitrogen and oxygen atoms in total. The van der Waals surface area contributed by atoms with E-state index in [1.807, 2.05) is 42.5 Å². The molecule has 30 heavy (non-hydrogen) atoms. The molecule has 1 fully saturated rings. The fourth-order valence-electron chi connectivity index (χ4n) is 3.95. The molecule has 3 aromatic carbocycles. The van der Waals surface area contributed by atoms with Crippen molar-refractivity contribution in [2.24, 2.45) is 0 Å². The summed E-state index contributed by atoms with van der Waals surface area (Å²) in [4.78, 5) is 15.0. The van der Waals surface area contributed by atoms with Crippen molar-refractivity contribution in [1.82, 2.24) is 4.31 Å². The molecule has 1 saturated heterocycles. The third kappa shape index (κ3) is 3.85. The molecule has 1 aliphatic heterocycles. The number of benzene rings is 3. The molecule has 4 rings (SSSR count). The molecule has 0 radical (unpaired) electrons. The minimum Gasteiger partial charge on any atom is -0.311 e. The van der Waals surface area contributed by atoms with Gasteiger partial charge in [0, 0.05) is 31.4 Å². The average Bonchev–Trinajstić information content (AvgIpc) is 2.78. The van der Waals surface area contributed by atoms with Crippen LogP contribution in [0, 0.1) is 6.92 Å². The molecule has 0 spiro atoms. The highest BCUT2D eigenvalue weighted by atomic mass is 32.2. The minimum absolute atomic E-state index is 0.224. The molecular weight excluding hydrogens is 396 g/mol. The predicted octanol–water partition coefficient (Wildman–Crippen LogP) is 4.60. The van der Waals surface area contributed by atoms with Gasteiger partial charge < -0.3 is 4.90 Å². The number of aryl methyl sites for hydroxylation is 1. The number of carbonyl (C=O) groups is 1. The summed E-state index contributed by atoms with van der Waals surface area (Å²) >= 11 is 0. The Morgan fingerprint density at radius 3 is 2.33 bits per heavy atom. The first-order valence-corrected chi connectivity index (χ1v) is 11.7. The van der Waals surface area contributed by atoms with Gasteiger partial charge in [0.05, 0.1) is 4.90 Å². The van der Waals surface area contributed by atoms with Gasteiger partial charge in [0.15, 0.2) is 0 Å². The van der Waals surface area contributed by atoms with E-state index in [0.29, 0.717) is 24.2 Å². The van der Waals surface area contributed by atoms with Crippen LogP contribution in [0.2, 0.25) is 0 Å². The molecule has 0 N–H and O–H groups in total. The Hall–Kier alpha value is -2.70. The first kappa shape index (κ1) is 20.6. The van der Waals surface area contributed by atoms with Gasteiger partial charge in [0.25, 0.3) is 5.91 Å². The van der Waals surface area contributed by atoms with Crippen LogP contribution >= 0.6 is 0 Å². The van der Waals surface area contributed by atoms with Gasteiger partial charge in [-0.2, -0.15) is 4.31 Å². The lowest BCUT2D eigenvalue weighted by atomic mass is 10.1. The van der Waals surface area contributed by atoms with E-state index in [0.717, 1.165) is 35.7 Å². The molecule has 0 bridgehead atoms. The van der Waals surface area contributed by atoms with E-state index in [1.54, 1.807) is 35.3 Å². The molecule has 6 heteroatoms. The van der Waals surface area contributed by atoms with E-state index in [1.165, 1.54) is 6.07 Å². The Labute approximate surface area is 178 Å². The highest BCUT2D eigenvalue weighted by Crippen LogP contribution is 2.26. The molecule has 0 aromatic heterocycles. The summed E-state index contributed by atoms with van der Waals surface area (Å²) < 4.78 is 27.9. The lowest BCUT2D eigenvalue weighted by Gasteiger charge is -2.27. The minimum atomic E-state index is -3.61. The maximum absolute atomic E-state index is 13.2. The summed E-state index contributed by atoms with van der Waals surface area (Å²) in [7, 11) is -1.89. The van der Waals surface area contributed by atoms with Crippen molar-refractivity contribution in [2.75, 3.05) is 25.0 Å². The highest BCUT2D eigenvalue weighted by Gasteiger charge is 2.28. The number of amides is 1. The van der Waals surface area contributed by atoms with Gasteiger partial charge in [0.2, 0.25) is 10.0 Å². The number of rotatable bonds is 4. The number of anilines is 1. The Morgan fingerprint density at radius 2 is 1.60 bits per heavy atom. The third-order valence-corrected chi connectivity index (χ3v) is 7.83. The molecule has 1 heterocycles. The monoisotopic (exact) mass is 422 g/mol. The van der Waals surface area contributed by atoms with Gasteiger partial charge in [0.1, 0.15) is 0 Å². The van der Waals surface area contributed by atoms with Crippen LogP contribution in [0.5, 0.6) is 0 Å². The number of hydrogen-bond acceptors (Lipinski definition) is 3. The number of nitrogens with zero attached hydrogens (tertiary/aromatic N) is 2. The van der Waals surface area contributed by atoms with Crippen molar-refractivity contribution in [3.05, 3.63) is 71.8 Å². The van der Waals surface area contributed by atoms with Crippen LogP contribution in [0.25, 0.3) is 10.8 Å². The summed E-state index contributed by atoms with van der Waals surface area (Å²) in [6.07, 6.45) is 2.81. The van der Waals surface area contributed by atoms with E-state index in [4.69, 9.17) is 0 Å². The number of hydrogen-bond donors (Lipinski definition) is 0. The number of sulfonamides is 1. The zero-order valence-corrected chi connectivity index (χ0v) is 18.2. The summed E-state index contributed by atoms with van der Waals surface area (Å²) in [5.41, 5.74) is 1.79. The fourth-order valence-corrected chi connectivity index (χ4v) is 5.72. The van der Waals surface area contributed by atoms with Crippen molar-refractivity contribution in [3.63, 3.8) is 0 Å². The van der Waals surface area contributed by atoms with E-state index in [9.17, 15) is 13.2 Å². The van der Waals surface area contributed by atoms with E-state index in [2.05, 4.69) is 0 Å². The zero-order chi connectivity index (χ0) is 21.3. The van der Waals surface area contributed by atoms with Gasteiger partial charge in [-0.15, -0.1) is 0 Å². The number of fused-ring (bicyclic) bond motifs is 1. The Bertz CT molecular complexity index is 1200. The second kappa shape index (κ2) is 8.20. The van der Waals surface area contributed by atoms with E-state index >= 15 is 0 Å². The normalized spacial score (nSPS) is 15.3. The molecule has 0 saturated carbocycles. The molecule has 3 aromatic rings. The van der Waals surface area contributed by atoms with Crippen molar-refractivity contribution in [2.45, 2.75) is 31.1 Å². The third-order valence-electron chi connectivity index (χ3n) is 5.79. The topological polar surface area (TPSA) is 57.7 Å². The SMILES string of the molecule is Cc1ccc(C(=O)N(C)c2ccc3ccccc3c2)cc1S(=O)(=O)N1CCCCC1. The van der Waals surface area contributed by atoms with E-state index in [-0.39, 0.29) is 10.8 Å². The van der Waals surface area contributed by atoms with E-state index < -0.39 is 10.0 Å². The van der Waals surface area contributed by atoms with Crippen LogP contribution in [0.4, 0.5) is 5.69 Å². The Kier molecular flexibility index (Phi) is 5.62. The molecule has 0 aliphatic carbocycles. The van der Waals surface area contributed by atoms with Crippen LogP contribution in [0.15, 0.2) is 65.6 Å². The van der Waals surface area contributed by atoms with Crippen LogP contribution in [-0.4, -0.2) is 38.8 Å². The molecule has 0 atom stereocenters. The largest absolute Gasteiger partial charge is 0.311 e. The standard InChI is InChI=1S/C24H26N2O3S/c1-18-10-11-21(17-23(18)30(28,29)26-14-6-3-7-15-26)24(27)25(2)22-13-12-19-8-4-5-9-20(19)16-22/h4-5,8-13,16-17H,3,6-7,14-15H2,1-2H3. The quantitative estimate of drug-likeness (QED) is 0.617. The van der Waals surface area contributed by atoms with Crippen molar-refractivity contribution in [3.8, 4) is 0 Å². The second-order valence-corrected chi connectivity index (χ2v) is 9.75. The summed E-state index contributed by atoms with van der Waals surface area (Å²) in [6, 6.07) is 18.8. The fraction of sp³-hybridized carbons (Fsp3) is 0.292. The first-order valence-electron chi connectivity index (χ1n) is 10.3. The predicted molar refractivity (Wildman–Crippen MR) is 120 cm³/mol. The Balaban J connectivity index is 1.66. The lowest BCUT2D eigenvalue weighted by molar-refractivity contribution is 0.0993. The molecule has 0 unspecified atom stereocenters. The van der Waals surface area contributed by atoms with Gasteiger partial charge in [-0.3, -0.25) is 4.79 Å². The summed E-state index contributed by atoms with van der Waals surface area (Å²) in [6.45, 7) is 2.85. The first-order chi connectivity index (χ1) is 14.4. The van der Waals surface area contributed by atoms with Gasteiger partial charge in [-0.1, -0.05) is 42.8 Å². The molecule has 1 aliphatic rings. The summed E-state index contributed by atoms with van der Waals surface area (Å²) in [5.74, 6) is -0.236. The van der Waals surface area contributed by atoms with Crippen LogP contribution in [-0.2, 0) is 10.0 Å². The lowest BCUT2D eigenvalue weighted by Crippen LogP contribution is -2.36. The van der Waals surface area contributed by atoms with Crippen LogP contribution < -0.4 is 4.90 Å². The van der Waals surface area contributed by atoms with Crippen molar-refractivity contribution >= 4 is 32.4 Å². The van der Waals surface area contributed by atoms with Crippen molar-refractivity contribution < 1.29 is 13.2 Å². The van der Waals surface area contributed by atoms with Gasteiger partial charge >= 0.3 is 0 Å². The second-order valence-electron chi connectivity index (χ2n) is 7.84. The maximum Gasteiger partial charge on any atom is 0.258 e. The Morgan fingerprint density at radius 1 is 0.900 bits per heavy atom. The molecular formula is C24H26N2O3S. The molecule has 156 valence electrons. The van der Waals surface area contributed by atoms with Crippen molar-refractivity contribution in [1.29, 1.82) is 0 Å². The maximum atomic E-state index is 13.2. The smallest absolute Gasteiger partial charge is 0.258 e. The average molecular weight is 423 g/mol. The highest BCUT2D eigenvalue weighted by molar-refractivity contribution is 7.89. The molecule has 1 amide bonds.